The smallest absolute Gasteiger partial charge is 0.141 e. The van der Waals surface area contributed by atoms with Crippen molar-refractivity contribution in [3.05, 3.63) is 41.7 Å². The van der Waals surface area contributed by atoms with Gasteiger partial charge in [0.15, 0.2) is 0 Å². The summed E-state index contributed by atoms with van der Waals surface area (Å²) in [5, 5.41) is 3.19. The number of anilines is 3. The summed E-state index contributed by atoms with van der Waals surface area (Å²) in [6.45, 7) is 7.35. The van der Waals surface area contributed by atoms with Gasteiger partial charge in [-0.1, -0.05) is 31.5 Å². The Labute approximate surface area is 127 Å². The number of nitrogens with one attached hydrogen (secondary N) is 1. The Balaban J connectivity index is 2.55. The van der Waals surface area contributed by atoms with E-state index in [9.17, 15) is 0 Å². The number of hydrogen-bond acceptors (Lipinski definition) is 4. The summed E-state index contributed by atoms with van der Waals surface area (Å²) < 4.78 is 0. The molecule has 0 aliphatic carbocycles. The molecule has 112 valence electrons. The van der Waals surface area contributed by atoms with E-state index in [1.165, 1.54) is 16.8 Å². The number of aryl methyl sites for hydroxylation is 1. The highest BCUT2D eigenvalue weighted by Gasteiger charge is 2.17. The lowest BCUT2D eigenvalue weighted by Crippen LogP contribution is -2.21. The fraction of sp³-hybridized carbons (Fsp3) is 0.412. The number of benzene rings is 1. The summed E-state index contributed by atoms with van der Waals surface area (Å²) in [6.07, 6.45) is 3.68. The third-order valence-corrected chi connectivity index (χ3v) is 3.64. The van der Waals surface area contributed by atoms with Gasteiger partial charge in [0.2, 0.25) is 0 Å². The van der Waals surface area contributed by atoms with Crippen LogP contribution in [0.5, 0.6) is 0 Å². The number of rotatable bonds is 6. The number of aromatic nitrogens is 2. The van der Waals surface area contributed by atoms with Gasteiger partial charge in [-0.2, -0.15) is 0 Å². The van der Waals surface area contributed by atoms with Crippen molar-refractivity contribution < 1.29 is 0 Å². The van der Waals surface area contributed by atoms with Crippen molar-refractivity contribution in [2.24, 2.45) is 0 Å². The fourth-order valence-corrected chi connectivity index (χ4v) is 2.63. The maximum atomic E-state index is 4.57. The molecule has 0 spiro atoms. The molecule has 0 unspecified atom stereocenters. The zero-order chi connectivity index (χ0) is 15.2. The first-order chi connectivity index (χ1) is 10.2. The topological polar surface area (TPSA) is 41.1 Å². The minimum Gasteiger partial charge on any atom is -0.373 e. The molecule has 2 aromatic rings. The Kier molecular flexibility index (Phi) is 5.14. The molecule has 0 fully saturated rings. The Bertz CT molecular complexity index is 595. The van der Waals surface area contributed by atoms with Gasteiger partial charge < -0.3 is 10.2 Å². The molecular weight excluding hydrogens is 260 g/mol. The van der Waals surface area contributed by atoms with E-state index in [2.05, 4.69) is 65.2 Å². The lowest BCUT2D eigenvalue weighted by Gasteiger charge is -2.26. The predicted molar refractivity (Wildman–Crippen MR) is 89.4 cm³/mol. The molecule has 1 heterocycles. The van der Waals surface area contributed by atoms with E-state index in [1.807, 2.05) is 7.05 Å². The van der Waals surface area contributed by atoms with Crippen molar-refractivity contribution >= 4 is 17.3 Å². The van der Waals surface area contributed by atoms with Crippen molar-refractivity contribution in [3.63, 3.8) is 0 Å². The maximum absolute atomic E-state index is 4.57. The maximum Gasteiger partial charge on any atom is 0.141 e. The lowest BCUT2D eigenvalue weighted by atomic mass is 10.1. The summed E-state index contributed by atoms with van der Waals surface area (Å²) >= 11 is 0. The molecular formula is C17H24N4. The van der Waals surface area contributed by atoms with Crippen LogP contribution in [-0.4, -0.2) is 23.6 Å². The molecule has 1 aromatic heterocycles. The van der Waals surface area contributed by atoms with E-state index < -0.39 is 0 Å². The van der Waals surface area contributed by atoms with Crippen LogP contribution < -0.4 is 10.2 Å². The van der Waals surface area contributed by atoms with E-state index in [4.69, 9.17) is 0 Å². The largest absolute Gasteiger partial charge is 0.373 e. The molecule has 0 saturated heterocycles. The minimum absolute atomic E-state index is 0.877. The fourth-order valence-electron chi connectivity index (χ4n) is 2.63. The second kappa shape index (κ2) is 7.07. The lowest BCUT2D eigenvalue weighted by molar-refractivity contribution is 0.877. The van der Waals surface area contributed by atoms with Gasteiger partial charge in [-0.05, 0) is 31.9 Å². The molecule has 0 aliphatic rings. The predicted octanol–water partition coefficient (Wildman–Crippen LogP) is 3.94. The first-order valence-electron chi connectivity index (χ1n) is 7.57. The summed E-state index contributed by atoms with van der Waals surface area (Å²) in [5.41, 5.74) is 3.65. The van der Waals surface area contributed by atoms with Gasteiger partial charge in [-0.25, -0.2) is 9.97 Å². The molecule has 0 atom stereocenters. The zero-order valence-corrected chi connectivity index (χ0v) is 13.3. The highest BCUT2D eigenvalue weighted by atomic mass is 15.2. The van der Waals surface area contributed by atoms with E-state index in [0.717, 1.165) is 31.0 Å². The third-order valence-electron chi connectivity index (χ3n) is 3.64. The summed E-state index contributed by atoms with van der Waals surface area (Å²) in [4.78, 5) is 11.2. The van der Waals surface area contributed by atoms with E-state index in [1.54, 1.807) is 6.33 Å². The molecule has 4 heteroatoms. The van der Waals surface area contributed by atoms with Gasteiger partial charge in [-0.3, -0.25) is 0 Å². The molecule has 21 heavy (non-hydrogen) atoms. The molecule has 2 rings (SSSR count). The average Bonchev–Trinajstić information content (AvgIpc) is 2.51. The van der Waals surface area contributed by atoms with Crippen LogP contribution in [0.15, 0.2) is 30.6 Å². The van der Waals surface area contributed by atoms with Crippen molar-refractivity contribution in [2.75, 3.05) is 23.8 Å². The number of hydrogen-bond donors (Lipinski definition) is 1. The van der Waals surface area contributed by atoms with E-state index in [-0.39, 0.29) is 0 Å². The Morgan fingerprint density at radius 2 is 1.90 bits per heavy atom. The normalized spacial score (nSPS) is 10.5. The Hall–Kier alpha value is -2.10. The molecule has 4 nitrogen and oxygen atoms in total. The second-order valence-electron chi connectivity index (χ2n) is 5.06. The molecule has 0 amide bonds. The van der Waals surface area contributed by atoms with Crippen LogP contribution in [0.25, 0.3) is 0 Å². The van der Waals surface area contributed by atoms with E-state index >= 15 is 0 Å². The zero-order valence-electron chi connectivity index (χ0n) is 13.3. The van der Waals surface area contributed by atoms with Gasteiger partial charge in [0.25, 0.3) is 0 Å². The van der Waals surface area contributed by atoms with Gasteiger partial charge >= 0.3 is 0 Å². The SMILES string of the molecule is CCCc1c(NC)ncnc1N(CC)c1ccccc1C. The molecule has 1 N–H and O–H groups in total. The van der Waals surface area contributed by atoms with Gasteiger partial charge in [-0.15, -0.1) is 0 Å². The molecule has 0 radical (unpaired) electrons. The highest BCUT2D eigenvalue weighted by molar-refractivity contribution is 5.69. The highest BCUT2D eigenvalue weighted by Crippen LogP contribution is 2.32. The summed E-state index contributed by atoms with van der Waals surface area (Å²) in [6, 6.07) is 8.43. The monoisotopic (exact) mass is 284 g/mol. The van der Waals surface area contributed by atoms with Crippen LogP contribution in [-0.2, 0) is 6.42 Å². The van der Waals surface area contributed by atoms with Crippen LogP contribution >= 0.6 is 0 Å². The molecule has 1 aromatic carbocycles. The number of para-hydroxylation sites is 1. The van der Waals surface area contributed by atoms with Crippen LogP contribution in [0.2, 0.25) is 0 Å². The standard InChI is InChI=1S/C17H24N4/c1-5-9-14-16(18-4)19-12-20-17(14)21(6-2)15-11-8-7-10-13(15)3/h7-8,10-12H,5-6,9H2,1-4H3,(H,18,19,20). The van der Waals surface area contributed by atoms with Gasteiger partial charge in [0.05, 0.1) is 0 Å². The van der Waals surface area contributed by atoms with Crippen LogP contribution in [0.3, 0.4) is 0 Å². The van der Waals surface area contributed by atoms with Crippen molar-refractivity contribution in [1.82, 2.24) is 9.97 Å². The van der Waals surface area contributed by atoms with Crippen molar-refractivity contribution in [1.29, 1.82) is 0 Å². The quantitative estimate of drug-likeness (QED) is 0.872. The third kappa shape index (κ3) is 3.15. The number of nitrogens with zero attached hydrogens (tertiary/aromatic N) is 3. The first kappa shape index (κ1) is 15.3. The molecule has 0 bridgehead atoms. The van der Waals surface area contributed by atoms with Gasteiger partial charge in [0, 0.05) is 24.8 Å². The minimum atomic E-state index is 0.877. The molecule has 0 aliphatic heterocycles. The molecule has 0 saturated carbocycles. The van der Waals surface area contributed by atoms with Crippen LogP contribution in [0, 0.1) is 6.92 Å². The van der Waals surface area contributed by atoms with Crippen molar-refractivity contribution in [3.8, 4) is 0 Å². The van der Waals surface area contributed by atoms with Crippen LogP contribution in [0.4, 0.5) is 17.3 Å². The average molecular weight is 284 g/mol. The van der Waals surface area contributed by atoms with Gasteiger partial charge in [0.1, 0.15) is 18.0 Å². The van der Waals surface area contributed by atoms with E-state index in [0.29, 0.717) is 0 Å². The second-order valence-corrected chi connectivity index (χ2v) is 5.06. The first-order valence-corrected chi connectivity index (χ1v) is 7.57. The van der Waals surface area contributed by atoms with Crippen LogP contribution in [0.1, 0.15) is 31.4 Å². The summed E-state index contributed by atoms with van der Waals surface area (Å²) in [5.74, 6) is 1.93. The summed E-state index contributed by atoms with van der Waals surface area (Å²) in [7, 11) is 1.91. The Morgan fingerprint density at radius 1 is 1.14 bits per heavy atom. The van der Waals surface area contributed by atoms with Crippen molar-refractivity contribution in [2.45, 2.75) is 33.6 Å². The Morgan fingerprint density at radius 3 is 2.52 bits per heavy atom.